The minimum absolute atomic E-state index is 0.0356. The van der Waals surface area contributed by atoms with Crippen LogP contribution in [-0.4, -0.2) is 16.8 Å². The lowest BCUT2D eigenvalue weighted by molar-refractivity contribution is 0.0138. The van der Waals surface area contributed by atoms with Crippen LogP contribution in [0, 0.1) is 0 Å². The smallest absolute Gasteiger partial charge is 0.255 e. The maximum atomic E-state index is 13.1. The first kappa shape index (κ1) is 13.4. The Hall–Kier alpha value is -1.31. The molecule has 3 aliphatic rings. The Kier molecular flexibility index (Phi) is 3.28. The molecule has 1 spiro atoms. The van der Waals surface area contributed by atoms with Gasteiger partial charge < -0.3 is 4.90 Å². The molecular formula is C19H25NO. The van der Waals surface area contributed by atoms with E-state index in [0.717, 1.165) is 5.56 Å². The predicted molar refractivity (Wildman–Crippen MR) is 84.2 cm³/mol. The number of nitrogens with zero attached hydrogens (tertiary/aromatic N) is 1. The molecule has 2 saturated carbocycles. The van der Waals surface area contributed by atoms with Crippen molar-refractivity contribution in [1.29, 1.82) is 0 Å². The highest BCUT2D eigenvalue weighted by Gasteiger charge is 2.51. The molecule has 1 amide bonds. The van der Waals surface area contributed by atoms with E-state index in [9.17, 15) is 4.79 Å². The van der Waals surface area contributed by atoms with Gasteiger partial charge in [0.25, 0.3) is 5.91 Å². The maximum Gasteiger partial charge on any atom is 0.255 e. The van der Waals surface area contributed by atoms with Crippen molar-refractivity contribution in [3.8, 4) is 0 Å². The summed E-state index contributed by atoms with van der Waals surface area (Å²) in [5, 5.41) is 0. The van der Waals surface area contributed by atoms with Crippen molar-refractivity contribution < 1.29 is 4.79 Å². The summed E-state index contributed by atoms with van der Waals surface area (Å²) < 4.78 is 0. The van der Waals surface area contributed by atoms with Crippen LogP contribution >= 0.6 is 0 Å². The standard InChI is InChI=1S/C19H25NO/c21-18-16-11-5-6-12-17(16)19(13-7-2-8-14-19)20(18)15-9-3-1-4-10-15/h5-6,11-12,15H,1-4,7-10,13-14H2. The van der Waals surface area contributed by atoms with Gasteiger partial charge in [0, 0.05) is 11.6 Å². The van der Waals surface area contributed by atoms with Gasteiger partial charge in [-0.1, -0.05) is 56.7 Å². The van der Waals surface area contributed by atoms with Crippen molar-refractivity contribution in [2.45, 2.75) is 75.8 Å². The van der Waals surface area contributed by atoms with Gasteiger partial charge in [-0.25, -0.2) is 0 Å². The van der Waals surface area contributed by atoms with E-state index >= 15 is 0 Å². The van der Waals surface area contributed by atoms with Crippen LogP contribution in [0.2, 0.25) is 0 Å². The summed E-state index contributed by atoms with van der Waals surface area (Å²) in [6.07, 6.45) is 12.6. The normalized spacial score (nSPS) is 25.3. The number of rotatable bonds is 1. The molecule has 1 aliphatic heterocycles. The van der Waals surface area contributed by atoms with E-state index in [4.69, 9.17) is 0 Å². The molecule has 2 heteroatoms. The van der Waals surface area contributed by atoms with Gasteiger partial charge in [-0.05, 0) is 37.3 Å². The molecule has 1 heterocycles. The number of fused-ring (bicyclic) bond motifs is 2. The first-order chi connectivity index (χ1) is 10.3. The first-order valence-corrected chi connectivity index (χ1v) is 8.76. The maximum absolute atomic E-state index is 13.1. The lowest BCUT2D eigenvalue weighted by atomic mass is 9.75. The van der Waals surface area contributed by atoms with Crippen molar-refractivity contribution in [3.63, 3.8) is 0 Å². The molecule has 0 radical (unpaired) electrons. The molecule has 0 saturated heterocycles. The van der Waals surface area contributed by atoms with Crippen molar-refractivity contribution >= 4 is 5.91 Å². The lowest BCUT2D eigenvalue weighted by Crippen LogP contribution is -2.51. The number of carbonyl (C=O) groups excluding carboxylic acids is 1. The molecule has 0 bridgehead atoms. The van der Waals surface area contributed by atoms with Gasteiger partial charge in [0.05, 0.1) is 5.54 Å². The zero-order valence-electron chi connectivity index (χ0n) is 12.8. The molecule has 0 unspecified atom stereocenters. The molecule has 2 fully saturated rings. The molecule has 2 nitrogen and oxygen atoms in total. The third kappa shape index (κ3) is 1.95. The molecular weight excluding hydrogens is 258 g/mol. The first-order valence-electron chi connectivity index (χ1n) is 8.76. The SMILES string of the molecule is O=C1c2ccccc2C2(CCCCC2)N1C1CCCCC1. The van der Waals surface area contributed by atoms with Crippen molar-refractivity contribution in [1.82, 2.24) is 4.90 Å². The van der Waals surface area contributed by atoms with Gasteiger partial charge in [0.1, 0.15) is 0 Å². The Morgan fingerprint density at radius 1 is 0.905 bits per heavy atom. The second-order valence-corrected chi connectivity index (χ2v) is 7.10. The van der Waals surface area contributed by atoms with Crippen LogP contribution < -0.4 is 0 Å². The fourth-order valence-electron chi connectivity index (χ4n) is 5.03. The highest BCUT2D eigenvalue weighted by Crippen LogP contribution is 2.50. The van der Waals surface area contributed by atoms with E-state index in [-0.39, 0.29) is 5.54 Å². The number of carbonyl (C=O) groups is 1. The molecule has 0 N–H and O–H groups in total. The van der Waals surface area contributed by atoms with Gasteiger partial charge in [0.2, 0.25) is 0 Å². The predicted octanol–water partition coefficient (Wildman–Crippen LogP) is 4.63. The van der Waals surface area contributed by atoms with Crippen LogP contribution in [0.5, 0.6) is 0 Å². The van der Waals surface area contributed by atoms with E-state index in [0.29, 0.717) is 11.9 Å². The highest BCUT2D eigenvalue weighted by molar-refractivity contribution is 6.00. The Labute approximate surface area is 127 Å². The van der Waals surface area contributed by atoms with E-state index in [1.165, 1.54) is 69.8 Å². The van der Waals surface area contributed by atoms with Crippen LogP contribution in [0.15, 0.2) is 24.3 Å². The van der Waals surface area contributed by atoms with Gasteiger partial charge >= 0.3 is 0 Å². The number of amides is 1. The molecule has 112 valence electrons. The summed E-state index contributed by atoms with van der Waals surface area (Å²) in [5.41, 5.74) is 2.36. The Bertz CT molecular complexity index is 538. The van der Waals surface area contributed by atoms with Gasteiger partial charge in [-0.3, -0.25) is 4.79 Å². The van der Waals surface area contributed by atoms with E-state index in [1.807, 2.05) is 6.07 Å². The minimum Gasteiger partial charge on any atom is -0.326 e. The third-order valence-electron chi connectivity index (χ3n) is 5.96. The van der Waals surface area contributed by atoms with Crippen molar-refractivity contribution in [3.05, 3.63) is 35.4 Å². The summed E-state index contributed by atoms with van der Waals surface area (Å²) in [6, 6.07) is 8.90. The molecule has 1 aromatic carbocycles. The summed E-state index contributed by atoms with van der Waals surface area (Å²) in [5.74, 6) is 0.319. The fourth-order valence-corrected chi connectivity index (χ4v) is 5.03. The Morgan fingerprint density at radius 2 is 1.57 bits per heavy atom. The summed E-state index contributed by atoms with van der Waals surface area (Å²) in [6.45, 7) is 0. The molecule has 2 aliphatic carbocycles. The van der Waals surface area contributed by atoms with E-state index in [2.05, 4.69) is 23.1 Å². The molecule has 4 rings (SSSR count). The Morgan fingerprint density at radius 3 is 2.33 bits per heavy atom. The topological polar surface area (TPSA) is 20.3 Å². The third-order valence-corrected chi connectivity index (χ3v) is 5.96. The largest absolute Gasteiger partial charge is 0.326 e. The van der Waals surface area contributed by atoms with Crippen molar-refractivity contribution in [2.75, 3.05) is 0 Å². The zero-order chi connectivity index (χ0) is 14.3. The molecule has 0 aromatic heterocycles. The van der Waals surface area contributed by atoms with Gasteiger partial charge in [0.15, 0.2) is 0 Å². The monoisotopic (exact) mass is 283 g/mol. The number of hydrogen-bond acceptors (Lipinski definition) is 1. The van der Waals surface area contributed by atoms with E-state index < -0.39 is 0 Å². The number of benzene rings is 1. The Balaban J connectivity index is 1.79. The van der Waals surface area contributed by atoms with E-state index in [1.54, 1.807) is 0 Å². The molecule has 0 atom stereocenters. The molecule has 1 aromatic rings. The summed E-state index contributed by atoms with van der Waals surface area (Å²) in [4.78, 5) is 15.4. The second-order valence-electron chi connectivity index (χ2n) is 7.10. The highest BCUT2D eigenvalue weighted by atomic mass is 16.2. The second kappa shape index (κ2) is 5.15. The molecule has 21 heavy (non-hydrogen) atoms. The quantitative estimate of drug-likeness (QED) is 0.735. The fraction of sp³-hybridized carbons (Fsp3) is 0.632. The minimum atomic E-state index is 0.0356. The number of hydrogen-bond donors (Lipinski definition) is 0. The van der Waals surface area contributed by atoms with Crippen LogP contribution in [0.25, 0.3) is 0 Å². The zero-order valence-corrected chi connectivity index (χ0v) is 12.8. The van der Waals surface area contributed by atoms with Crippen LogP contribution in [0.4, 0.5) is 0 Å². The average molecular weight is 283 g/mol. The average Bonchev–Trinajstić information content (AvgIpc) is 2.79. The summed E-state index contributed by atoms with van der Waals surface area (Å²) in [7, 11) is 0. The van der Waals surface area contributed by atoms with Crippen LogP contribution in [0.3, 0.4) is 0 Å². The van der Waals surface area contributed by atoms with Crippen LogP contribution in [0.1, 0.15) is 80.1 Å². The lowest BCUT2D eigenvalue weighted by Gasteiger charge is -2.47. The van der Waals surface area contributed by atoms with Crippen LogP contribution in [-0.2, 0) is 5.54 Å². The summed E-state index contributed by atoms with van der Waals surface area (Å²) >= 11 is 0. The van der Waals surface area contributed by atoms with Crippen molar-refractivity contribution in [2.24, 2.45) is 0 Å². The van der Waals surface area contributed by atoms with Gasteiger partial charge in [-0.15, -0.1) is 0 Å². The van der Waals surface area contributed by atoms with Gasteiger partial charge in [-0.2, -0.15) is 0 Å².